The molecule has 0 aliphatic carbocycles. The van der Waals surface area contributed by atoms with Gasteiger partial charge < -0.3 is 10.4 Å². The van der Waals surface area contributed by atoms with E-state index in [9.17, 15) is 18.3 Å². The highest BCUT2D eigenvalue weighted by molar-refractivity contribution is 5.31. The Morgan fingerprint density at radius 2 is 1.88 bits per heavy atom. The molecule has 2 nitrogen and oxygen atoms in total. The van der Waals surface area contributed by atoms with Gasteiger partial charge in [0.1, 0.15) is 0 Å². The van der Waals surface area contributed by atoms with Gasteiger partial charge in [0, 0.05) is 0 Å². The van der Waals surface area contributed by atoms with Gasteiger partial charge in [-0.2, -0.15) is 13.2 Å². The normalized spacial score (nSPS) is 25.2. The summed E-state index contributed by atoms with van der Waals surface area (Å²) in [6, 6.07) is 5.01. The predicted octanol–water partition coefficient (Wildman–Crippen LogP) is 2.28. The summed E-state index contributed by atoms with van der Waals surface area (Å²) in [6.07, 6.45) is -2.65. The second kappa shape index (κ2) is 4.31. The van der Waals surface area contributed by atoms with E-state index in [4.69, 9.17) is 0 Å². The fourth-order valence-electron chi connectivity index (χ4n) is 2.26. The molecule has 0 spiro atoms. The van der Waals surface area contributed by atoms with Crippen molar-refractivity contribution in [1.82, 2.24) is 5.32 Å². The van der Waals surface area contributed by atoms with Gasteiger partial charge in [0.15, 0.2) is 0 Å². The number of aliphatic hydroxyl groups excluding tert-OH is 1. The van der Waals surface area contributed by atoms with Gasteiger partial charge in [-0.25, -0.2) is 0 Å². The predicted molar refractivity (Wildman–Crippen MR) is 57.4 cm³/mol. The van der Waals surface area contributed by atoms with E-state index in [2.05, 4.69) is 5.32 Å². The summed E-state index contributed by atoms with van der Waals surface area (Å²) in [4.78, 5) is 0. The number of hydrogen-bond donors (Lipinski definition) is 2. The van der Waals surface area contributed by atoms with Crippen LogP contribution in [0.5, 0.6) is 0 Å². The van der Waals surface area contributed by atoms with Gasteiger partial charge in [0.05, 0.1) is 17.7 Å². The van der Waals surface area contributed by atoms with Crippen molar-refractivity contribution >= 4 is 0 Å². The van der Waals surface area contributed by atoms with Gasteiger partial charge in [-0.05, 0) is 37.1 Å². The van der Waals surface area contributed by atoms with Crippen LogP contribution in [0.15, 0.2) is 24.3 Å². The van der Waals surface area contributed by atoms with Crippen molar-refractivity contribution in [2.75, 3.05) is 13.2 Å². The van der Waals surface area contributed by atoms with Crippen LogP contribution in [-0.4, -0.2) is 18.3 Å². The molecule has 1 fully saturated rings. The number of nitrogens with one attached hydrogen (secondary N) is 1. The molecular formula is C12H14F3NO. The molecule has 5 heteroatoms. The summed E-state index contributed by atoms with van der Waals surface area (Å²) in [5.41, 5.74) is -0.512. The van der Waals surface area contributed by atoms with Gasteiger partial charge in [-0.15, -0.1) is 0 Å². The van der Waals surface area contributed by atoms with Crippen LogP contribution < -0.4 is 5.32 Å². The molecule has 0 radical (unpaired) electrons. The Bertz CT molecular complexity index is 380. The molecule has 0 bridgehead atoms. The fourth-order valence-corrected chi connectivity index (χ4v) is 2.26. The number of rotatable bonds is 2. The van der Waals surface area contributed by atoms with Crippen LogP contribution in [0.3, 0.4) is 0 Å². The Labute approximate surface area is 97.5 Å². The Hall–Kier alpha value is -1.07. The van der Waals surface area contributed by atoms with Crippen molar-refractivity contribution in [1.29, 1.82) is 0 Å². The van der Waals surface area contributed by atoms with Crippen molar-refractivity contribution in [3.8, 4) is 0 Å². The molecule has 1 atom stereocenters. The molecule has 1 aromatic carbocycles. The highest BCUT2D eigenvalue weighted by Gasteiger charge is 2.36. The largest absolute Gasteiger partial charge is 0.416 e. The lowest BCUT2D eigenvalue weighted by molar-refractivity contribution is -0.137. The first-order valence-corrected chi connectivity index (χ1v) is 5.52. The van der Waals surface area contributed by atoms with Gasteiger partial charge in [0.25, 0.3) is 0 Å². The molecule has 1 saturated heterocycles. The molecule has 1 aromatic rings. The van der Waals surface area contributed by atoms with E-state index >= 15 is 0 Å². The summed E-state index contributed by atoms with van der Waals surface area (Å²) in [5.74, 6) is 0. The minimum absolute atomic E-state index is 0.0988. The molecule has 1 heterocycles. The number of benzene rings is 1. The van der Waals surface area contributed by atoms with E-state index in [0.29, 0.717) is 5.56 Å². The third-order valence-corrected chi connectivity index (χ3v) is 3.28. The molecule has 94 valence electrons. The van der Waals surface area contributed by atoms with E-state index in [-0.39, 0.29) is 6.61 Å². The zero-order chi connectivity index (χ0) is 12.5. The van der Waals surface area contributed by atoms with Crippen LogP contribution in [0, 0.1) is 0 Å². The third kappa shape index (κ3) is 2.30. The van der Waals surface area contributed by atoms with Crippen molar-refractivity contribution in [2.45, 2.75) is 24.6 Å². The number of hydrogen-bond acceptors (Lipinski definition) is 2. The van der Waals surface area contributed by atoms with Crippen LogP contribution in [-0.2, 0) is 11.7 Å². The Morgan fingerprint density at radius 1 is 1.24 bits per heavy atom. The van der Waals surface area contributed by atoms with Crippen LogP contribution in [0.4, 0.5) is 13.2 Å². The Kier molecular flexibility index (Phi) is 3.14. The summed E-state index contributed by atoms with van der Waals surface area (Å²) in [5, 5.41) is 12.6. The van der Waals surface area contributed by atoms with Gasteiger partial charge >= 0.3 is 6.18 Å². The first kappa shape index (κ1) is 12.4. The zero-order valence-corrected chi connectivity index (χ0v) is 9.22. The van der Waals surface area contributed by atoms with E-state index in [0.717, 1.165) is 31.5 Å². The average Bonchev–Trinajstić information content (AvgIpc) is 2.78. The maximum absolute atomic E-state index is 12.4. The van der Waals surface area contributed by atoms with E-state index in [1.807, 2.05) is 0 Å². The standard InChI is InChI=1S/C12H14F3NO/c13-12(14,15)10-4-2-9(3-5-10)11(8-17)6-1-7-16-11/h2-5,16-17H,1,6-8H2. The molecular weight excluding hydrogens is 231 g/mol. The van der Waals surface area contributed by atoms with Crippen LogP contribution in [0.25, 0.3) is 0 Å². The molecule has 0 amide bonds. The van der Waals surface area contributed by atoms with E-state index in [1.165, 1.54) is 12.1 Å². The van der Waals surface area contributed by atoms with E-state index in [1.54, 1.807) is 0 Å². The summed E-state index contributed by atoms with van der Waals surface area (Å²) < 4.78 is 37.2. The van der Waals surface area contributed by atoms with Gasteiger partial charge in [-0.1, -0.05) is 12.1 Å². The van der Waals surface area contributed by atoms with Crippen LogP contribution >= 0.6 is 0 Å². The van der Waals surface area contributed by atoms with Crippen LogP contribution in [0.1, 0.15) is 24.0 Å². The third-order valence-electron chi connectivity index (χ3n) is 3.28. The Morgan fingerprint density at radius 3 is 2.29 bits per heavy atom. The first-order valence-electron chi connectivity index (χ1n) is 5.52. The lowest BCUT2D eigenvalue weighted by Gasteiger charge is -2.28. The highest BCUT2D eigenvalue weighted by atomic mass is 19.4. The lowest BCUT2D eigenvalue weighted by Crippen LogP contribution is -2.40. The minimum atomic E-state index is -4.31. The number of halogens is 3. The lowest BCUT2D eigenvalue weighted by atomic mass is 9.88. The molecule has 2 rings (SSSR count). The van der Waals surface area contributed by atoms with Crippen molar-refractivity contribution in [2.24, 2.45) is 0 Å². The summed E-state index contributed by atoms with van der Waals surface area (Å²) >= 11 is 0. The highest BCUT2D eigenvalue weighted by Crippen LogP contribution is 2.34. The molecule has 17 heavy (non-hydrogen) atoms. The maximum atomic E-state index is 12.4. The molecule has 0 saturated carbocycles. The molecule has 1 unspecified atom stereocenters. The monoisotopic (exact) mass is 245 g/mol. The van der Waals surface area contributed by atoms with Crippen LogP contribution in [0.2, 0.25) is 0 Å². The van der Waals surface area contributed by atoms with Gasteiger partial charge in [-0.3, -0.25) is 0 Å². The van der Waals surface area contributed by atoms with Crippen molar-refractivity contribution < 1.29 is 18.3 Å². The number of aliphatic hydroxyl groups is 1. The smallest absolute Gasteiger partial charge is 0.394 e. The fraction of sp³-hybridized carbons (Fsp3) is 0.500. The second-order valence-electron chi connectivity index (χ2n) is 4.35. The molecule has 1 aliphatic heterocycles. The van der Waals surface area contributed by atoms with Crippen molar-refractivity contribution in [3.05, 3.63) is 35.4 Å². The Balaban J connectivity index is 2.28. The first-order chi connectivity index (χ1) is 7.98. The quantitative estimate of drug-likeness (QED) is 0.837. The number of alkyl halides is 3. The summed E-state index contributed by atoms with van der Waals surface area (Å²) in [6.45, 7) is 0.681. The summed E-state index contributed by atoms with van der Waals surface area (Å²) in [7, 11) is 0. The topological polar surface area (TPSA) is 32.3 Å². The van der Waals surface area contributed by atoms with E-state index < -0.39 is 17.3 Å². The minimum Gasteiger partial charge on any atom is -0.394 e. The van der Waals surface area contributed by atoms with Gasteiger partial charge in [0.2, 0.25) is 0 Å². The molecule has 2 N–H and O–H groups in total. The molecule has 0 aromatic heterocycles. The maximum Gasteiger partial charge on any atom is 0.416 e. The van der Waals surface area contributed by atoms with Crippen molar-refractivity contribution in [3.63, 3.8) is 0 Å². The zero-order valence-electron chi connectivity index (χ0n) is 9.22. The molecule has 1 aliphatic rings. The SMILES string of the molecule is OCC1(c2ccc(C(F)(F)F)cc2)CCCN1. The second-order valence-corrected chi connectivity index (χ2v) is 4.35. The average molecular weight is 245 g/mol.